The molecule has 20 heavy (non-hydrogen) atoms. The van der Waals surface area contributed by atoms with E-state index < -0.39 is 11.7 Å². The second kappa shape index (κ2) is 6.22. The van der Waals surface area contributed by atoms with Crippen molar-refractivity contribution in [1.82, 2.24) is 4.90 Å². The van der Waals surface area contributed by atoms with E-state index in [4.69, 9.17) is 5.73 Å². The fourth-order valence-electron chi connectivity index (χ4n) is 3.04. The Labute approximate surface area is 118 Å². The summed E-state index contributed by atoms with van der Waals surface area (Å²) in [6, 6.07) is 3.90. The normalized spacial score (nSPS) is 17.6. The van der Waals surface area contributed by atoms with E-state index in [2.05, 4.69) is 0 Å². The van der Waals surface area contributed by atoms with Gasteiger partial charge in [0.05, 0.1) is 6.54 Å². The number of hydrogen-bond acceptors (Lipinski definition) is 3. The van der Waals surface area contributed by atoms with Gasteiger partial charge in [0.25, 0.3) is 0 Å². The number of aromatic hydroxyl groups is 1. The maximum absolute atomic E-state index is 13.4. The Hall–Kier alpha value is -1.62. The first-order valence-corrected chi connectivity index (χ1v) is 7.01. The summed E-state index contributed by atoms with van der Waals surface area (Å²) in [5, 5.41) is 9.92. The molecule has 0 radical (unpaired) electrons. The number of nitrogens with zero attached hydrogens (tertiary/aromatic N) is 1. The van der Waals surface area contributed by atoms with Gasteiger partial charge in [-0.1, -0.05) is 12.8 Å². The molecule has 1 atom stereocenters. The monoisotopic (exact) mass is 280 g/mol. The predicted molar refractivity (Wildman–Crippen MR) is 74.6 cm³/mol. The van der Waals surface area contributed by atoms with Crippen LogP contribution in [0.1, 0.15) is 44.2 Å². The van der Waals surface area contributed by atoms with Gasteiger partial charge in [0.15, 0.2) is 0 Å². The van der Waals surface area contributed by atoms with E-state index in [1.807, 2.05) is 11.8 Å². The van der Waals surface area contributed by atoms with Gasteiger partial charge in [0.2, 0.25) is 5.91 Å². The Bertz CT molecular complexity index is 487. The number of phenols is 1. The molecule has 1 aliphatic carbocycles. The van der Waals surface area contributed by atoms with Gasteiger partial charge in [-0.2, -0.15) is 0 Å². The zero-order valence-electron chi connectivity index (χ0n) is 11.7. The lowest BCUT2D eigenvalue weighted by molar-refractivity contribution is -0.120. The number of amides is 1. The van der Waals surface area contributed by atoms with Crippen molar-refractivity contribution >= 4 is 5.91 Å². The van der Waals surface area contributed by atoms with Crippen LogP contribution in [0.3, 0.4) is 0 Å². The second-order valence-corrected chi connectivity index (χ2v) is 5.46. The molecule has 1 unspecified atom stereocenters. The number of nitrogens with two attached hydrogens (primary N) is 1. The molecule has 0 aromatic heterocycles. The second-order valence-electron chi connectivity index (χ2n) is 5.46. The minimum Gasteiger partial charge on any atom is -0.508 e. The van der Waals surface area contributed by atoms with E-state index in [1.54, 1.807) is 0 Å². The Kier molecular flexibility index (Phi) is 4.60. The van der Waals surface area contributed by atoms with Crippen molar-refractivity contribution in [2.75, 3.05) is 6.54 Å². The van der Waals surface area contributed by atoms with Crippen LogP contribution in [-0.4, -0.2) is 28.5 Å². The van der Waals surface area contributed by atoms with Crippen LogP contribution in [0.2, 0.25) is 0 Å². The van der Waals surface area contributed by atoms with E-state index in [1.165, 1.54) is 18.2 Å². The highest BCUT2D eigenvalue weighted by Gasteiger charge is 2.29. The lowest BCUT2D eigenvalue weighted by atomic mass is 10.0. The van der Waals surface area contributed by atoms with Gasteiger partial charge in [0.1, 0.15) is 11.6 Å². The predicted octanol–water partition coefficient (Wildman–Crippen LogP) is 2.32. The van der Waals surface area contributed by atoms with Crippen molar-refractivity contribution in [3.05, 3.63) is 29.6 Å². The molecule has 110 valence electrons. The van der Waals surface area contributed by atoms with E-state index >= 15 is 0 Å². The molecule has 0 aliphatic heterocycles. The van der Waals surface area contributed by atoms with Crippen LogP contribution in [-0.2, 0) is 4.79 Å². The molecule has 4 nitrogen and oxygen atoms in total. The zero-order chi connectivity index (χ0) is 14.7. The Morgan fingerprint density at radius 2 is 2.15 bits per heavy atom. The fourth-order valence-corrected chi connectivity index (χ4v) is 3.04. The Morgan fingerprint density at radius 3 is 2.75 bits per heavy atom. The molecule has 2 rings (SSSR count). The van der Waals surface area contributed by atoms with Gasteiger partial charge in [-0.3, -0.25) is 9.69 Å². The fraction of sp³-hybridized carbons (Fsp3) is 0.533. The van der Waals surface area contributed by atoms with Crippen LogP contribution in [0.5, 0.6) is 5.75 Å². The van der Waals surface area contributed by atoms with Gasteiger partial charge in [0, 0.05) is 17.6 Å². The van der Waals surface area contributed by atoms with Crippen LogP contribution < -0.4 is 5.73 Å². The summed E-state index contributed by atoms with van der Waals surface area (Å²) in [5.74, 6) is -0.749. The quantitative estimate of drug-likeness (QED) is 0.870. The molecular weight excluding hydrogens is 259 g/mol. The summed E-state index contributed by atoms with van der Waals surface area (Å²) in [4.78, 5) is 13.3. The first-order valence-electron chi connectivity index (χ1n) is 7.01. The van der Waals surface area contributed by atoms with Crippen LogP contribution in [0, 0.1) is 5.82 Å². The summed E-state index contributed by atoms with van der Waals surface area (Å²) < 4.78 is 13.4. The number of hydrogen-bond donors (Lipinski definition) is 2. The summed E-state index contributed by atoms with van der Waals surface area (Å²) in [7, 11) is 0. The van der Waals surface area contributed by atoms with E-state index in [0.29, 0.717) is 5.56 Å². The molecule has 0 bridgehead atoms. The van der Waals surface area contributed by atoms with Crippen molar-refractivity contribution in [2.45, 2.75) is 44.7 Å². The van der Waals surface area contributed by atoms with E-state index in [-0.39, 0.29) is 24.4 Å². The number of benzene rings is 1. The Balaban J connectivity index is 2.26. The first-order chi connectivity index (χ1) is 9.49. The van der Waals surface area contributed by atoms with Gasteiger partial charge >= 0.3 is 0 Å². The van der Waals surface area contributed by atoms with Crippen LogP contribution in [0.4, 0.5) is 4.39 Å². The zero-order valence-corrected chi connectivity index (χ0v) is 11.7. The largest absolute Gasteiger partial charge is 0.508 e. The van der Waals surface area contributed by atoms with Gasteiger partial charge < -0.3 is 10.8 Å². The lowest BCUT2D eigenvalue weighted by Gasteiger charge is -2.34. The number of carbonyl (C=O) groups excluding carboxylic acids is 1. The molecule has 0 saturated heterocycles. The highest BCUT2D eigenvalue weighted by molar-refractivity contribution is 5.76. The molecule has 1 aromatic carbocycles. The highest BCUT2D eigenvalue weighted by Crippen LogP contribution is 2.34. The number of halogens is 1. The molecule has 1 aromatic rings. The molecule has 5 heteroatoms. The van der Waals surface area contributed by atoms with Crippen molar-refractivity contribution in [3.8, 4) is 5.75 Å². The highest BCUT2D eigenvalue weighted by atomic mass is 19.1. The molecule has 1 saturated carbocycles. The average Bonchev–Trinajstić information content (AvgIpc) is 2.91. The SMILES string of the molecule is CC(c1cc(F)ccc1O)N(CC(N)=O)C1CCCC1. The smallest absolute Gasteiger partial charge is 0.231 e. The van der Waals surface area contributed by atoms with Crippen molar-refractivity contribution < 1.29 is 14.3 Å². The van der Waals surface area contributed by atoms with Crippen molar-refractivity contribution in [1.29, 1.82) is 0 Å². The summed E-state index contributed by atoms with van der Waals surface area (Å²) in [6.45, 7) is 2.00. The topological polar surface area (TPSA) is 66.6 Å². The molecule has 3 N–H and O–H groups in total. The molecule has 0 heterocycles. The molecule has 1 fully saturated rings. The van der Waals surface area contributed by atoms with Crippen LogP contribution in [0.15, 0.2) is 18.2 Å². The Morgan fingerprint density at radius 1 is 1.50 bits per heavy atom. The summed E-state index contributed by atoms with van der Waals surface area (Å²) in [5.41, 5.74) is 5.83. The number of carbonyl (C=O) groups is 1. The third kappa shape index (κ3) is 3.28. The van der Waals surface area contributed by atoms with Gasteiger partial charge in [-0.05, 0) is 38.0 Å². The van der Waals surface area contributed by atoms with E-state index in [9.17, 15) is 14.3 Å². The number of primary amides is 1. The number of phenolic OH excluding ortho intramolecular Hbond substituents is 1. The van der Waals surface area contributed by atoms with Gasteiger partial charge in [-0.15, -0.1) is 0 Å². The summed E-state index contributed by atoms with van der Waals surface area (Å²) in [6.07, 6.45) is 4.27. The standard InChI is InChI=1S/C15H21FN2O2/c1-10(13-8-11(16)6-7-14(13)19)18(9-15(17)20)12-4-2-3-5-12/h6-8,10,12,19H,2-5,9H2,1H3,(H2,17,20). The van der Waals surface area contributed by atoms with Crippen LogP contribution in [0.25, 0.3) is 0 Å². The molecule has 0 spiro atoms. The van der Waals surface area contributed by atoms with Crippen molar-refractivity contribution in [3.63, 3.8) is 0 Å². The minimum absolute atomic E-state index is 0.0476. The molecule has 1 aliphatic rings. The minimum atomic E-state index is -0.403. The van der Waals surface area contributed by atoms with Crippen LogP contribution >= 0.6 is 0 Å². The first kappa shape index (κ1) is 14.8. The summed E-state index contributed by atoms with van der Waals surface area (Å²) >= 11 is 0. The number of rotatable bonds is 5. The lowest BCUT2D eigenvalue weighted by Crippen LogP contribution is -2.41. The maximum Gasteiger partial charge on any atom is 0.231 e. The van der Waals surface area contributed by atoms with E-state index in [0.717, 1.165) is 25.7 Å². The van der Waals surface area contributed by atoms with Gasteiger partial charge in [-0.25, -0.2) is 4.39 Å². The molecular formula is C15H21FN2O2. The average molecular weight is 280 g/mol. The molecule has 1 amide bonds. The third-order valence-electron chi connectivity index (χ3n) is 4.07. The van der Waals surface area contributed by atoms with Crippen molar-refractivity contribution in [2.24, 2.45) is 5.73 Å². The maximum atomic E-state index is 13.4. The third-order valence-corrected chi connectivity index (χ3v) is 4.07.